The molecule has 0 saturated carbocycles. The van der Waals surface area contributed by atoms with Gasteiger partial charge in [0.2, 0.25) is 0 Å². The van der Waals surface area contributed by atoms with Crippen molar-refractivity contribution in [3.63, 3.8) is 0 Å². The van der Waals surface area contributed by atoms with Gasteiger partial charge < -0.3 is 15.2 Å². The zero-order valence-corrected chi connectivity index (χ0v) is 10.8. The summed E-state index contributed by atoms with van der Waals surface area (Å²) < 4.78 is 5.05. The Morgan fingerprint density at radius 1 is 1.53 bits per heavy atom. The number of aliphatic hydroxyl groups is 1. The molecule has 4 N–H and O–H groups in total. The molecular formula is C11H23N3O3. The van der Waals surface area contributed by atoms with Gasteiger partial charge in [0.25, 0.3) is 0 Å². The van der Waals surface area contributed by atoms with Crippen LogP contribution in [0.2, 0.25) is 0 Å². The highest BCUT2D eigenvalue weighted by Gasteiger charge is 2.29. The monoisotopic (exact) mass is 245 g/mol. The Morgan fingerprint density at radius 2 is 2.24 bits per heavy atom. The van der Waals surface area contributed by atoms with Crippen LogP contribution in [0, 0.1) is 0 Å². The molecule has 1 rings (SSSR count). The minimum atomic E-state index is -0.798. The van der Waals surface area contributed by atoms with Crippen LogP contribution in [-0.4, -0.2) is 42.0 Å². The third kappa shape index (κ3) is 5.86. The molecule has 1 amide bonds. The predicted octanol–water partition coefficient (Wildman–Crippen LogP) is 0.130. The topological polar surface area (TPSA) is 82.6 Å². The van der Waals surface area contributed by atoms with Crippen LogP contribution in [0.4, 0.5) is 4.79 Å². The van der Waals surface area contributed by atoms with Crippen molar-refractivity contribution in [2.45, 2.75) is 44.8 Å². The molecule has 1 saturated heterocycles. The zero-order valence-electron chi connectivity index (χ0n) is 10.8. The molecule has 17 heavy (non-hydrogen) atoms. The highest BCUT2D eigenvalue weighted by molar-refractivity contribution is 5.66. The number of β-amino-alcohol motifs (C(OH)–C–C–N with tert-alkyl or cyclic N) is 1. The summed E-state index contributed by atoms with van der Waals surface area (Å²) in [5, 5.41) is 13.2. The van der Waals surface area contributed by atoms with Crippen molar-refractivity contribution in [2.24, 2.45) is 0 Å². The molecule has 0 aromatic carbocycles. The molecule has 0 aromatic rings. The molecule has 1 heterocycles. The van der Waals surface area contributed by atoms with Crippen LogP contribution in [0.1, 0.15) is 33.6 Å². The lowest BCUT2D eigenvalue weighted by Gasteiger charge is -2.32. The molecule has 0 bridgehead atoms. The van der Waals surface area contributed by atoms with Gasteiger partial charge in [0.15, 0.2) is 0 Å². The van der Waals surface area contributed by atoms with Crippen LogP contribution >= 0.6 is 0 Å². The van der Waals surface area contributed by atoms with E-state index in [1.807, 2.05) is 0 Å². The summed E-state index contributed by atoms with van der Waals surface area (Å²) in [4.78, 5) is 11.3. The summed E-state index contributed by atoms with van der Waals surface area (Å²) >= 11 is 0. The summed E-state index contributed by atoms with van der Waals surface area (Å²) in [6.07, 6.45) is 1.12. The number of amides is 1. The van der Waals surface area contributed by atoms with Gasteiger partial charge in [0.1, 0.15) is 5.60 Å². The Labute approximate surface area is 102 Å². The first-order valence-corrected chi connectivity index (χ1v) is 5.96. The number of hydrogen-bond acceptors (Lipinski definition) is 5. The molecule has 0 aromatic heterocycles. The standard InChI is InChI=1S/C11H23N3O3/c1-10(2,3)17-9(15)14-13-8-11(16)5-4-6-12-7-11/h12-13,16H,4-8H2,1-3H3,(H,14,15). The van der Waals surface area contributed by atoms with Gasteiger partial charge in [-0.1, -0.05) is 0 Å². The number of hydrazine groups is 1. The van der Waals surface area contributed by atoms with E-state index in [9.17, 15) is 9.90 Å². The van der Waals surface area contributed by atoms with Gasteiger partial charge in [-0.25, -0.2) is 10.2 Å². The van der Waals surface area contributed by atoms with Gasteiger partial charge in [0, 0.05) is 13.1 Å². The summed E-state index contributed by atoms with van der Waals surface area (Å²) in [5.74, 6) is 0. The lowest BCUT2D eigenvalue weighted by atomic mass is 9.94. The van der Waals surface area contributed by atoms with Gasteiger partial charge in [-0.3, -0.25) is 5.43 Å². The molecule has 1 unspecified atom stereocenters. The molecule has 1 aliphatic rings. The number of piperidine rings is 1. The number of nitrogens with one attached hydrogen (secondary N) is 3. The molecule has 0 spiro atoms. The molecular weight excluding hydrogens is 222 g/mol. The largest absolute Gasteiger partial charge is 0.443 e. The normalized spacial score (nSPS) is 25.4. The van der Waals surface area contributed by atoms with Crippen molar-refractivity contribution in [2.75, 3.05) is 19.6 Å². The second-order valence-electron chi connectivity index (χ2n) is 5.49. The molecule has 1 atom stereocenters. The van der Waals surface area contributed by atoms with Crippen molar-refractivity contribution < 1.29 is 14.6 Å². The summed E-state index contributed by atoms with van der Waals surface area (Å²) in [5.41, 5.74) is 3.80. The van der Waals surface area contributed by atoms with Crippen molar-refractivity contribution >= 4 is 6.09 Å². The van der Waals surface area contributed by atoms with E-state index in [1.165, 1.54) is 0 Å². The number of carbonyl (C=O) groups is 1. The van der Waals surface area contributed by atoms with Gasteiger partial charge in [-0.15, -0.1) is 0 Å². The minimum absolute atomic E-state index is 0.305. The SMILES string of the molecule is CC(C)(C)OC(=O)NNCC1(O)CCCNC1. The number of ether oxygens (including phenoxy) is 1. The van der Waals surface area contributed by atoms with Crippen LogP contribution < -0.4 is 16.2 Å². The lowest BCUT2D eigenvalue weighted by molar-refractivity contribution is 0.0108. The Balaban J connectivity index is 2.20. The quantitative estimate of drug-likeness (QED) is 0.531. The molecule has 100 valence electrons. The van der Waals surface area contributed by atoms with Gasteiger partial charge in [-0.2, -0.15) is 0 Å². The molecule has 6 heteroatoms. The fourth-order valence-corrected chi connectivity index (χ4v) is 1.69. The zero-order chi connectivity index (χ0) is 12.9. The third-order valence-electron chi connectivity index (χ3n) is 2.46. The Bertz CT molecular complexity index is 257. The maximum Gasteiger partial charge on any atom is 0.422 e. The van der Waals surface area contributed by atoms with Crippen molar-refractivity contribution in [3.05, 3.63) is 0 Å². The third-order valence-corrected chi connectivity index (χ3v) is 2.46. The van der Waals surface area contributed by atoms with E-state index in [2.05, 4.69) is 16.2 Å². The average molecular weight is 245 g/mol. The van der Waals surface area contributed by atoms with E-state index in [0.717, 1.165) is 19.4 Å². The van der Waals surface area contributed by atoms with E-state index in [0.29, 0.717) is 13.1 Å². The highest BCUT2D eigenvalue weighted by atomic mass is 16.6. The van der Waals surface area contributed by atoms with Crippen LogP contribution in [0.25, 0.3) is 0 Å². The summed E-state index contributed by atoms with van der Waals surface area (Å²) in [6, 6.07) is 0. The molecule has 0 aliphatic carbocycles. The predicted molar refractivity (Wildman–Crippen MR) is 64.4 cm³/mol. The summed E-state index contributed by atoms with van der Waals surface area (Å²) in [7, 11) is 0. The van der Waals surface area contributed by atoms with E-state index in [1.54, 1.807) is 20.8 Å². The maximum atomic E-state index is 11.3. The van der Waals surface area contributed by atoms with E-state index in [-0.39, 0.29) is 0 Å². The van der Waals surface area contributed by atoms with Crippen LogP contribution in [0.3, 0.4) is 0 Å². The Morgan fingerprint density at radius 3 is 2.76 bits per heavy atom. The van der Waals surface area contributed by atoms with E-state index >= 15 is 0 Å². The number of hydrogen-bond donors (Lipinski definition) is 4. The minimum Gasteiger partial charge on any atom is -0.443 e. The second-order valence-corrected chi connectivity index (χ2v) is 5.49. The van der Waals surface area contributed by atoms with E-state index in [4.69, 9.17) is 4.74 Å². The summed E-state index contributed by atoms with van der Waals surface area (Å²) in [6.45, 7) is 7.17. The van der Waals surface area contributed by atoms with Crippen LogP contribution in [0.15, 0.2) is 0 Å². The van der Waals surface area contributed by atoms with E-state index < -0.39 is 17.3 Å². The molecule has 6 nitrogen and oxygen atoms in total. The van der Waals surface area contributed by atoms with Gasteiger partial charge in [0.05, 0.1) is 5.60 Å². The molecule has 1 fully saturated rings. The first-order chi connectivity index (χ1) is 7.81. The average Bonchev–Trinajstić information content (AvgIpc) is 2.15. The smallest absolute Gasteiger partial charge is 0.422 e. The molecule has 1 aliphatic heterocycles. The van der Waals surface area contributed by atoms with Crippen molar-refractivity contribution in [1.29, 1.82) is 0 Å². The fraction of sp³-hybridized carbons (Fsp3) is 0.909. The second kappa shape index (κ2) is 5.66. The first kappa shape index (κ1) is 14.2. The van der Waals surface area contributed by atoms with Crippen LogP contribution in [0.5, 0.6) is 0 Å². The maximum absolute atomic E-state index is 11.3. The number of carbonyl (C=O) groups excluding carboxylic acids is 1. The lowest BCUT2D eigenvalue weighted by Crippen LogP contribution is -2.55. The fourth-order valence-electron chi connectivity index (χ4n) is 1.69. The van der Waals surface area contributed by atoms with Crippen molar-refractivity contribution in [1.82, 2.24) is 16.2 Å². The van der Waals surface area contributed by atoms with Gasteiger partial charge >= 0.3 is 6.09 Å². The Kier molecular flexibility index (Phi) is 4.73. The van der Waals surface area contributed by atoms with Crippen molar-refractivity contribution in [3.8, 4) is 0 Å². The van der Waals surface area contributed by atoms with Gasteiger partial charge in [-0.05, 0) is 40.2 Å². The number of rotatable bonds is 3. The molecule has 0 radical (unpaired) electrons. The Hall–Kier alpha value is -0.850. The van der Waals surface area contributed by atoms with Crippen LogP contribution in [-0.2, 0) is 4.74 Å². The first-order valence-electron chi connectivity index (χ1n) is 5.96. The highest BCUT2D eigenvalue weighted by Crippen LogP contribution is 2.14.